The predicted molar refractivity (Wildman–Crippen MR) is 92.8 cm³/mol. The number of nitrogens with zero attached hydrogens (tertiary/aromatic N) is 1. The van der Waals surface area contributed by atoms with E-state index in [1.54, 1.807) is 6.07 Å². The molecule has 0 bridgehead atoms. The summed E-state index contributed by atoms with van der Waals surface area (Å²) in [5.74, 6) is -0.671. The predicted octanol–water partition coefficient (Wildman–Crippen LogP) is 4.01. The molecule has 0 saturated heterocycles. The second-order valence-corrected chi connectivity index (χ2v) is 7.66. The van der Waals surface area contributed by atoms with E-state index in [4.69, 9.17) is 5.11 Å². The molecule has 4 heteroatoms. The first-order valence-electron chi connectivity index (χ1n) is 8.22. The SMILES string of the molecule is Cc1cc(Cn2cc(C)c3c2CC(C)(C)CC3=O)ccc1C(=O)O. The molecule has 1 heterocycles. The number of ketones is 1. The summed E-state index contributed by atoms with van der Waals surface area (Å²) in [4.78, 5) is 23.6. The number of benzene rings is 1. The number of fused-ring (bicyclic) bond motifs is 1. The van der Waals surface area contributed by atoms with Gasteiger partial charge in [-0.05, 0) is 48.4 Å². The third kappa shape index (κ3) is 2.88. The number of carbonyl (C=O) groups is 2. The Hall–Kier alpha value is -2.36. The van der Waals surface area contributed by atoms with Crippen LogP contribution in [0, 0.1) is 19.3 Å². The zero-order chi connectivity index (χ0) is 17.6. The maximum Gasteiger partial charge on any atom is 0.335 e. The second kappa shape index (κ2) is 5.62. The van der Waals surface area contributed by atoms with Crippen LogP contribution >= 0.6 is 0 Å². The van der Waals surface area contributed by atoms with E-state index in [9.17, 15) is 9.59 Å². The second-order valence-electron chi connectivity index (χ2n) is 7.66. The van der Waals surface area contributed by atoms with Crippen LogP contribution in [0.1, 0.15) is 63.4 Å². The Morgan fingerprint density at radius 3 is 2.54 bits per heavy atom. The molecule has 1 aromatic carbocycles. The van der Waals surface area contributed by atoms with Crippen molar-refractivity contribution in [2.24, 2.45) is 5.41 Å². The normalized spacial score (nSPS) is 16.1. The van der Waals surface area contributed by atoms with E-state index in [-0.39, 0.29) is 11.2 Å². The van der Waals surface area contributed by atoms with Crippen LogP contribution in [0.15, 0.2) is 24.4 Å². The zero-order valence-electron chi connectivity index (χ0n) is 14.6. The van der Waals surface area contributed by atoms with Crippen molar-refractivity contribution in [2.45, 2.75) is 47.1 Å². The Labute approximate surface area is 142 Å². The third-order valence-electron chi connectivity index (χ3n) is 4.82. The van der Waals surface area contributed by atoms with Crippen LogP contribution in [0.3, 0.4) is 0 Å². The number of Topliss-reactive ketones (excluding diaryl/α,β-unsaturated/α-hetero) is 1. The first-order valence-corrected chi connectivity index (χ1v) is 8.22. The Bertz CT molecular complexity index is 843. The maximum absolute atomic E-state index is 12.5. The smallest absolute Gasteiger partial charge is 0.335 e. The summed E-state index contributed by atoms with van der Waals surface area (Å²) in [6.07, 6.45) is 3.52. The average molecular weight is 325 g/mol. The molecule has 0 radical (unpaired) electrons. The zero-order valence-corrected chi connectivity index (χ0v) is 14.6. The fraction of sp³-hybridized carbons (Fsp3) is 0.400. The van der Waals surface area contributed by atoms with E-state index in [1.165, 1.54) is 0 Å². The standard InChI is InChI=1S/C20H23NO3/c1-12-7-14(5-6-15(12)19(23)24)11-21-10-13(2)18-16(21)8-20(3,4)9-17(18)22/h5-7,10H,8-9,11H2,1-4H3,(H,23,24). The van der Waals surface area contributed by atoms with E-state index in [1.807, 2.05) is 32.2 Å². The monoisotopic (exact) mass is 325 g/mol. The molecule has 0 spiro atoms. The lowest BCUT2D eigenvalue weighted by Crippen LogP contribution is -2.28. The molecule has 0 atom stereocenters. The molecule has 1 aromatic heterocycles. The van der Waals surface area contributed by atoms with Crippen LogP contribution in [0.4, 0.5) is 0 Å². The summed E-state index contributed by atoms with van der Waals surface area (Å²) in [5.41, 5.74) is 5.14. The Balaban J connectivity index is 1.98. The van der Waals surface area contributed by atoms with Gasteiger partial charge in [0.2, 0.25) is 0 Å². The summed E-state index contributed by atoms with van der Waals surface area (Å²) in [7, 11) is 0. The third-order valence-corrected chi connectivity index (χ3v) is 4.82. The van der Waals surface area contributed by atoms with Gasteiger partial charge >= 0.3 is 5.97 Å². The number of carboxylic acid groups (broad SMARTS) is 1. The van der Waals surface area contributed by atoms with Gasteiger partial charge in [-0.25, -0.2) is 4.79 Å². The molecule has 1 N–H and O–H groups in total. The van der Waals surface area contributed by atoms with Gasteiger partial charge in [0, 0.05) is 30.4 Å². The van der Waals surface area contributed by atoms with Crippen molar-refractivity contribution in [3.8, 4) is 0 Å². The lowest BCUT2D eigenvalue weighted by atomic mass is 9.75. The van der Waals surface area contributed by atoms with E-state index in [0.717, 1.165) is 34.4 Å². The highest BCUT2D eigenvalue weighted by molar-refractivity contribution is 6.00. The molecule has 2 aromatic rings. The molecular weight excluding hydrogens is 302 g/mol. The van der Waals surface area contributed by atoms with Gasteiger partial charge in [0.05, 0.1) is 5.56 Å². The lowest BCUT2D eigenvalue weighted by molar-refractivity contribution is 0.0695. The molecule has 126 valence electrons. The molecule has 1 aliphatic rings. The average Bonchev–Trinajstić information content (AvgIpc) is 2.73. The van der Waals surface area contributed by atoms with Gasteiger partial charge < -0.3 is 9.67 Å². The quantitative estimate of drug-likeness (QED) is 0.927. The van der Waals surface area contributed by atoms with E-state index in [0.29, 0.717) is 18.5 Å². The minimum absolute atomic E-state index is 0.0181. The molecule has 24 heavy (non-hydrogen) atoms. The minimum Gasteiger partial charge on any atom is -0.478 e. The van der Waals surface area contributed by atoms with Crippen molar-refractivity contribution >= 4 is 11.8 Å². The lowest BCUT2D eigenvalue weighted by Gasteiger charge is -2.30. The van der Waals surface area contributed by atoms with Crippen molar-refractivity contribution in [3.63, 3.8) is 0 Å². The Morgan fingerprint density at radius 1 is 1.21 bits per heavy atom. The Kier molecular flexibility index (Phi) is 3.86. The molecule has 1 aliphatic carbocycles. The highest BCUT2D eigenvalue weighted by Crippen LogP contribution is 2.37. The summed E-state index contributed by atoms with van der Waals surface area (Å²) < 4.78 is 2.15. The number of carbonyl (C=O) groups excluding carboxylic acids is 1. The molecule has 0 aliphatic heterocycles. The van der Waals surface area contributed by atoms with Gasteiger partial charge in [-0.2, -0.15) is 0 Å². The van der Waals surface area contributed by atoms with E-state index < -0.39 is 5.97 Å². The van der Waals surface area contributed by atoms with Crippen molar-refractivity contribution < 1.29 is 14.7 Å². The van der Waals surface area contributed by atoms with Crippen molar-refractivity contribution in [3.05, 3.63) is 57.9 Å². The van der Waals surface area contributed by atoms with Crippen molar-refractivity contribution in [1.82, 2.24) is 4.57 Å². The largest absolute Gasteiger partial charge is 0.478 e. The number of aromatic carboxylic acids is 1. The molecule has 0 unspecified atom stereocenters. The van der Waals surface area contributed by atoms with Crippen molar-refractivity contribution in [2.75, 3.05) is 0 Å². The van der Waals surface area contributed by atoms with Gasteiger partial charge in [-0.15, -0.1) is 0 Å². The minimum atomic E-state index is -0.902. The molecule has 0 amide bonds. The molecule has 0 fully saturated rings. The number of aryl methyl sites for hydroxylation is 2. The van der Waals surface area contributed by atoms with Crippen LogP contribution in [-0.4, -0.2) is 21.4 Å². The first-order chi connectivity index (χ1) is 11.2. The number of hydrogen-bond acceptors (Lipinski definition) is 2. The van der Waals surface area contributed by atoms with Crippen LogP contribution < -0.4 is 0 Å². The highest BCUT2D eigenvalue weighted by atomic mass is 16.4. The summed E-state index contributed by atoms with van der Waals surface area (Å²) in [6, 6.07) is 5.43. The molecule has 4 nitrogen and oxygen atoms in total. The number of hydrogen-bond donors (Lipinski definition) is 1. The van der Waals surface area contributed by atoms with Crippen molar-refractivity contribution in [1.29, 1.82) is 0 Å². The van der Waals surface area contributed by atoms with E-state index in [2.05, 4.69) is 18.4 Å². The fourth-order valence-corrected chi connectivity index (χ4v) is 3.76. The summed E-state index contributed by atoms with van der Waals surface area (Å²) in [5, 5.41) is 9.15. The van der Waals surface area contributed by atoms with Crippen LogP contribution in [0.25, 0.3) is 0 Å². The Morgan fingerprint density at radius 2 is 1.92 bits per heavy atom. The van der Waals surface area contributed by atoms with Gasteiger partial charge in [0.1, 0.15) is 0 Å². The maximum atomic E-state index is 12.5. The number of aromatic nitrogens is 1. The van der Waals surface area contributed by atoms with Gasteiger partial charge in [-0.1, -0.05) is 26.0 Å². The number of carboxylic acids is 1. The number of rotatable bonds is 3. The van der Waals surface area contributed by atoms with Crippen LogP contribution in [0.2, 0.25) is 0 Å². The van der Waals surface area contributed by atoms with E-state index >= 15 is 0 Å². The van der Waals surface area contributed by atoms with Crippen LogP contribution in [0.5, 0.6) is 0 Å². The highest BCUT2D eigenvalue weighted by Gasteiger charge is 2.34. The van der Waals surface area contributed by atoms with Gasteiger partial charge in [-0.3, -0.25) is 4.79 Å². The summed E-state index contributed by atoms with van der Waals surface area (Å²) in [6.45, 7) is 8.72. The molecular formula is C20H23NO3. The summed E-state index contributed by atoms with van der Waals surface area (Å²) >= 11 is 0. The molecule has 3 rings (SSSR count). The topological polar surface area (TPSA) is 59.3 Å². The van der Waals surface area contributed by atoms with Gasteiger partial charge in [0.25, 0.3) is 0 Å². The fourth-order valence-electron chi connectivity index (χ4n) is 3.76. The van der Waals surface area contributed by atoms with Gasteiger partial charge in [0.15, 0.2) is 5.78 Å². The van der Waals surface area contributed by atoms with Crippen LogP contribution in [-0.2, 0) is 13.0 Å². The first kappa shape index (κ1) is 16.5. The molecule has 0 saturated carbocycles.